The van der Waals surface area contributed by atoms with Crippen LogP contribution in [0.3, 0.4) is 0 Å². The molecule has 0 bridgehead atoms. The van der Waals surface area contributed by atoms with Crippen LogP contribution in [0.2, 0.25) is 0 Å². The average molecular weight is 358 g/mol. The summed E-state index contributed by atoms with van der Waals surface area (Å²) in [5, 5.41) is 19.8. The van der Waals surface area contributed by atoms with Crippen LogP contribution in [0.5, 0.6) is 5.75 Å². The average Bonchev–Trinajstić information content (AvgIpc) is 3.22. The van der Waals surface area contributed by atoms with Gasteiger partial charge < -0.3 is 19.6 Å². The molecule has 0 radical (unpaired) electrons. The molecule has 3 rings (SSSR count). The zero-order valence-corrected chi connectivity index (χ0v) is 14.4. The number of benzene rings is 1. The van der Waals surface area contributed by atoms with E-state index in [0.29, 0.717) is 35.2 Å². The second-order valence-corrected chi connectivity index (χ2v) is 5.47. The summed E-state index contributed by atoms with van der Waals surface area (Å²) in [7, 11) is 1.50. The van der Waals surface area contributed by atoms with Gasteiger partial charge in [0.15, 0.2) is 0 Å². The van der Waals surface area contributed by atoms with Crippen molar-refractivity contribution in [2.24, 2.45) is 0 Å². The normalized spacial score (nSPS) is 14.0. The molecule has 136 valence electrons. The number of ether oxygens (including phenoxy) is 1. The van der Waals surface area contributed by atoms with E-state index in [2.05, 4.69) is 15.5 Å². The number of nitrogens with zero attached hydrogens (tertiary/aromatic N) is 3. The highest BCUT2D eigenvalue weighted by Gasteiger charge is 2.31. The van der Waals surface area contributed by atoms with Gasteiger partial charge in [0.2, 0.25) is 11.8 Å². The molecule has 0 fully saturated rings. The summed E-state index contributed by atoms with van der Waals surface area (Å²) in [6.45, 7) is 1.55. The van der Waals surface area contributed by atoms with Crippen molar-refractivity contribution in [1.82, 2.24) is 15.1 Å². The standard InChI is InChI=1S/C17H18N4O5/c1-3-14-19-20-16(26-14)10-4-5-13(25-2)11(8-10)18-12-9-15(23)21(6-7-22)17(12)24/h4-5,8-9,18,22H,3,6-7H2,1-2H3. The Bertz CT molecular complexity index is 874. The first kappa shape index (κ1) is 17.6. The number of imide groups is 1. The van der Waals surface area contributed by atoms with Crippen LogP contribution in [0.1, 0.15) is 12.8 Å². The highest BCUT2D eigenvalue weighted by molar-refractivity contribution is 6.17. The fourth-order valence-electron chi connectivity index (χ4n) is 2.51. The Morgan fingerprint density at radius 3 is 2.77 bits per heavy atom. The number of rotatable bonds is 7. The third-order valence-corrected chi connectivity index (χ3v) is 3.82. The lowest BCUT2D eigenvalue weighted by atomic mass is 10.1. The van der Waals surface area contributed by atoms with Gasteiger partial charge in [0.05, 0.1) is 25.9 Å². The van der Waals surface area contributed by atoms with Gasteiger partial charge in [0.25, 0.3) is 11.8 Å². The van der Waals surface area contributed by atoms with Crippen molar-refractivity contribution < 1.29 is 23.8 Å². The molecule has 1 aromatic carbocycles. The second-order valence-electron chi connectivity index (χ2n) is 5.47. The number of aryl methyl sites for hydroxylation is 1. The Morgan fingerprint density at radius 1 is 1.31 bits per heavy atom. The van der Waals surface area contributed by atoms with Gasteiger partial charge in [-0.1, -0.05) is 6.92 Å². The fourth-order valence-corrected chi connectivity index (χ4v) is 2.51. The minimum atomic E-state index is -0.512. The maximum absolute atomic E-state index is 12.3. The molecule has 0 spiro atoms. The van der Waals surface area contributed by atoms with Crippen LogP contribution >= 0.6 is 0 Å². The molecule has 0 atom stereocenters. The Labute approximate surface area is 149 Å². The van der Waals surface area contributed by atoms with E-state index in [9.17, 15) is 9.59 Å². The van der Waals surface area contributed by atoms with Gasteiger partial charge in [-0.3, -0.25) is 14.5 Å². The topological polar surface area (TPSA) is 118 Å². The number of aromatic nitrogens is 2. The number of methoxy groups -OCH3 is 1. The summed E-state index contributed by atoms with van der Waals surface area (Å²) >= 11 is 0. The maximum Gasteiger partial charge on any atom is 0.277 e. The van der Waals surface area contributed by atoms with Crippen molar-refractivity contribution >= 4 is 17.5 Å². The number of β-amino-alcohol motifs (C(OH)–C–C–N with tert-alkyl or cyclic N) is 1. The molecular formula is C17H18N4O5. The number of aliphatic hydroxyl groups is 1. The first-order valence-electron chi connectivity index (χ1n) is 8.03. The van der Waals surface area contributed by atoms with Gasteiger partial charge in [-0.2, -0.15) is 0 Å². The van der Waals surface area contributed by atoms with Gasteiger partial charge in [-0.05, 0) is 18.2 Å². The molecule has 9 nitrogen and oxygen atoms in total. The second kappa shape index (κ2) is 7.36. The molecule has 2 N–H and O–H groups in total. The number of hydrogen-bond donors (Lipinski definition) is 2. The van der Waals surface area contributed by atoms with Gasteiger partial charge in [0.1, 0.15) is 11.4 Å². The van der Waals surface area contributed by atoms with Crippen LogP contribution in [-0.4, -0.2) is 52.3 Å². The van der Waals surface area contributed by atoms with Crippen molar-refractivity contribution in [2.75, 3.05) is 25.6 Å². The van der Waals surface area contributed by atoms with E-state index in [0.717, 1.165) is 4.90 Å². The first-order valence-corrected chi connectivity index (χ1v) is 8.03. The zero-order valence-electron chi connectivity index (χ0n) is 14.4. The van der Waals surface area contributed by atoms with Gasteiger partial charge in [-0.25, -0.2) is 0 Å². The van der Waals surface area contributed by atoms with Crippen LogP contribution in [0.25, 0.3) is 11.5 Å². The summed E-state index contributed by atoms with van der Waals surface area (Å²) in [6, 6.07) is 5.14. The van der Waals surface area contributed by atoms with Crippen molar-refractivity contribution in [3.63, 3.8) is 0 Å². The molecule has 1 aliphatic rings. The molecule has 26 heavy (non-hydrogen) atoms. The molecular weight excluding hydrogens is 340 g/mol. The molecule has 0 saturated carbocycles. The summed E-state index contributed by atoms with van der Waals surface area (Å²) in [4.78, 5) is 25.1. The third kappa shape index (κ3) is 3.29. The smallest absolute Gasteiger partial charge is 0.277 e. The molecule has 0 aliphatic carbocycles. The molecule has 0 unspecified atom stereocenters. The Balaban J connectivity index is 1.89. The number of nitrogens with one attached hydrogen (secondary N) is 1. The van der Waals surface area contributed by atoms with E-state index in [-0.39, 0.29) is 18.8 Å². The highest BCUT2D eigenvalue weighted by Crippen LogP contribution is 2.32. The van der Waals surface area contributed by atoms with E-state index in [1.165, 1.54) is 13.2 Å². The van der Waals surface area contributed by atoms with Crippen molar-refractivity contribution in [3.05, 3.63) is 35.9 Å². The molecule has 2 amide bonds. The molecule has 1 aliphatic heterocycles. The lowest BCUT2D eigenvalue weighted by Gasteiger charge is -2.15. The van der Waals surface area contributed by atoms with Gasteiger partial charge in [0, 0.05) is 18.1 Å². The van der Waals surface area contributed by atoms with E-state index < -0.39 is 11.8 Å². The fraction of sp³-hybridized carbons (Fsp3) is 0.294. The zero-order chi connectivity index (χ0) is 18.7. The minimum Gasteiger partial charge on any atom is -0.495 e. The lowest BCUT2D eigenvalue weighted by Crippen LogP contribution is -2.34. The largest absolute Gasteiger partial charge is 0.495 e. The van der Waals surface area contributed by atoms with Crippen molar-refractivity contribution in [2.45, 2.75) is 13.3 Å². The number of anilines is 1. The van der Waals surface area contributed by atoms with Crippen LogP contribution in [0.15, 0.2) is 34.4 Å². The van der Waals surface area contributed by atoms with Crippen LogP contribution in [0.4, 0.5) is 5.69 Å². The van der Waals surface area contributed by atoms with E-state index in [4.69, 9.17) is 14.3 Å². The van der Waals surface area contributed by atoms with Crippen LogP contribution < -0.4 is 10.1 Å². The molecule has 2 heterocycles. The van der Waals surface area contributed by atoms with Crippen LogP contribution in [-0.2, 0) is 16.0 Å². The number of amides is 2. The van der Waals surface area contributed by atoms with Crippen molar-refractivity contribution in [1.29, 1.82) is 0 Å². The quantitative estimate of drug-likeness (QED) is 0.703. The molecule has 2 aromatic rings. The SMILES string of the molecule is CCc1nnc(-c2ccc(OC)c(NC3=CC(=O)N(CCO)C3=O)c2)o1. The predicted molar refractivity (Wildman–Crippen MR) is 91.2 cm³/mol. The Hall–Kier alpha value is -3.20. The highest BCUT2D eigenvalue weighted by atomic mass is 16.5. The first-order chi connectivity index (χ1) is 12.6. The maximum atomic E-state index is 12.3. The lowest BCUT2D eigenvalue weighted by molar-refractivity contribution is -0.137. The number of carbonyl (C=O) groups is 2. The Morgan fingerprint density at radius 2 is 2.12 bits per heavy atom. The van der Waals surface area contributed by atoms with Gasteiger partial charge in [-0.15, -0.1) is 10.2 Å². The molecule has 0 saturated heterocycles. The summed E-state index contributed by atoms with van der Waals surface area (Å²) in [5.74, 6) is 0.348. The van der Waals surface area contributed by atoms with E-state index in [1.54, 1.807) is 18.2 Å². The number of aliphatic hydroxyl groups excluding tert-OH is 1. The van der Waals surface area contributed by atoms with E-state index >= 15 is 0 Å². The van der Waals surface area contributed by atoms with Crippen LogP contribution in [0, 0.1) is 0 Å². The minimum absolute atomic E-state index is 0.0572. The summed E-state index contributed by atoms with van der Waals surface area (Å²) in [6.07, 6.45) is 1.81. The monoisotopic (exact) mass is 358 g/mol. The molecule has 1 aromatic heterocycles. The van der Waals surface area contributed by atoms with Crippen molar-refractivity contribution in [3.8, 4) is 17.2 Å². The summed E-state index contributed by atoms with van der Waals surface area (Å²) < 4.78 is 10.8. The summed E-state index contributed by atoms with van der Waals surface area (Å²) in [5.41, 5.74) is 1.21. The third-order valence-electron chi connectivity index (χ3n) is 3.82. The molecule has 9 heteroatoms. The van der Waals surface area contributed by atoms with E-state index in [1.807, 2.05) is 6.92 Å². The number of hydrogen-bond acceptors (Lipinski definition) is 8. The predicted octanol–water partition coefficient (Wildman–Crippen LogP) is 0.964. The Kier molecular flexibility index (Phi) is 4.99. The van der Waals surface area contributed by atoms with Gasteiger partial charge >= 0.3 is 0 Å². The number of carbonyl (C=O) groups excluding carboxylic acids is 2.